The topological polar surface area (TPSA) is 12.0 Å². The van der Waals surface area contributed by atoms with Crippen LogP contribution in [0, 0.1) is 6.92 Å². The molecule has 0 aliphatic heterocycles. The maximum atomic E-state index is 3.51. The molecule has 0 spiro atoms. The SMILES string of the molecule is Cc1cccc([C@H](C)NC/C=C/c2ccccc2)c1. The number of hydrogen-bond acceptors (Lipinski definition) is 1. The quantitative estimate of drug-likeness (QED) is 0.832. The lowest BCUT2D eigenvalue weighted by atomic mass is 10.1. The maximum Gasteiger partial charge on any atom is 0.0294 e. The highest BCUT2D eigenvalue weighted by atomic mass is 14.9. The molecule has 0 amide bonds. The van der Waals surface area contributed by atoms with Crippen molar-refractivity contribution in [3.8, 4) is 0 Å². The molecule has 2 rings (SSSR count). The third-order valence-corrected chi connectivity index (χ3v) is 3.19. The van der Waals surface area contributed by atoms with Crippen molar-refractivity contribution in [2.75, 3.05) is 6.54 Å². The third-order valence-electron chi connectivity index (χ3n) is 3.19. The van der Waals surface area contributed by atoms with Gasteiger partial charge in [0, 0.05) is 12.6 Å². The van der Waals surface area contributed by atoms with Gasteiger partial charge in [0.05, 0.1) is 0 Å². The Balaban J connectivity index is 1.84. The van der Waals surface area contributed by atoms with Crippen LogP contribution in [0.25, 0.3) is 6.08 Å². The molecule has 1 heteroatoms. The molecule has 0 heterocycles. The van der Waals surface area contributed by atoms with Crippen LogP contribution in [0.2, 0.25) is 0 Å². The Kier molecular flexibility index (Phi) is 4.93. The first-order valence-electron chi connectivity index (χ1n) is 6.77. The van der Waals surface area contributed by atoms with Gasteiger partial charge >= 0.3 is 0 Å². The smallest absolute Gasteiger partial charge is 0.0294 e. The van der Waals surface area contributed by atoms with Crippen LogP contribution in [0.1, 0.15) is 29.7 Å². The summed E-state index contributed by atoms with van der Waals surface area (Å²) in [7, 11) is 0. The second kappa shape index (κ2) is 6.91. The van der Waals surface area contributed by atoms with E-state index in [9.17, 15) is 0 Å². The van der Waals surface area contributed by atoms with E-state index in [0.29, 0.717) is 6.04 Å². The van der Waals surface area contributed by atoms with E-state index < -0.39 is 0 Å². The average Bonchev–Trinajstić information content (AvgIpc) is 2.44. The number of nitrogens with one attached hydrogen (secondary N) is 1. The van der Waals surface area contributed by atoms with Crippen LogP contribution < -0.4 is 5.32 Å². The lowest BCUT2D eigenvalue weighted by Crippen LogP contribution is -2.18. The van der Waals surface area contributed by atoms with Crippen LogP contribution >= 0.6 is 0 Å². The van der Waals surface area contributed by atoms with Crippen molar-refractivity contribution in [1.82, 2.24) is 5.32 Å². The minimum Gasteiger partial charge on any atom is -0.307 e. The fraction of sp³-hybridized carbons (Fsp3) is 0.222. The molecule has 1 atom stereocenters. The molecule has 19 heavy (non-hydrogen) atoms. The molecule has 0 radical (unpaired) electrons. The molecule has 2 aromatic rings. The normalized spacial score (nSPS) is 12.7. The molecule has 0 saturated carbocycles. The van der Waals surface area contributed by atoms with Gasteiger partial charge in [-0.2, -0.15) is 0 Å². The molecule has 0 aliphatic carbocycles. The van der Waals surface area contributed by atoms with E-state index in [4.69, 9.17) is 0 Å². The Bertz CT molecular complexity index is 528. The Morgan fingerprint density at radius 2 is 1.84 bits per heavy atom. The summed E-state index contributed by atoms with van der Waals surface area (Å²) in [5.74, 6) is 0. The van der Waals surface area contributed by atoms with Crippen molar-refractivity contribution in [1.29, 1.82) is 0 Å². The highest BCUT2D eigenvalue weighted by Crippen LogP contribution is 2.13. The average molecular weight is 251 g/mol. The van der Waals surface area contributed by atoms with Crippen molar-refractivity contribution in [3.05, 3.63) is 77.4 Å². The zero-order valence-electron chi connectivity index (χ0n) is 11.6. The van der Waals surface area contributed by atoms with Gasteiger partial charge in [0.25, 0.3) is 0 Å². The summed E-state index contributed by atoms with van der Waals surface area (Å²) in [6.45, 7) is 5.21. The number of hydrogen-bond donors (Lipinski definition) is 1. The summed E-state index contributed by atoms with van der Waals surface area (Å²) in [5.41, 5.74) is 3.89. The molecule has 0 aliphatic rings. The first kappa shape index (κ1) is 13.6. The van der Waals surface area contributed by atoms with Gasteiger partial charge < -0.3 is 5.32 Å². The monoisotopic (exact) mass is 251 g/mol. The Morgan fingerprint density at radius 3 is 2.58 bits per heavy atom. The van der Waals surface area contributed by atoms with Crippen LogP contribution in [-0.4, -0.2) is 6.54 Å². The molecule has 0 unspecified atom stereocenters. The highest BCUT2D eigenvalue weighted by Gasteiger charge is 2.02. The predicted molar refractivity (Wildman–Crippen MR) is 83.1 cm³/mol. The fourth-order valence-corrected chi connectivity index (χ4v) is 2.06. The van der Waals surface area contributed by atoms with E-state index in [2.05, 4.69) is 79.8 Å². The van der Waals surface area contributed by atoms with Crippen LogP contribution in [0.4, 0.5) is 0 Å². The maximum absolute atomic E-state index is 3.51. The molecule has 0 aromatic heterocycles. The molecular weight excluding hydrogens is 230 g/mol. The second-order valence-electron chi connectivity index (χ2n) is 4.86. The number of rotatable bonds is 5. The lowest BCUT2D eigenvalue weighted by Gasteiger charge is -2.13. The zero-order chi connectivity index (χ0) is 13.5. The zero-order valence-corrected chi connectivity index (χ0v) is 11.6. The van der Waals surface area contributed by atoms with Crippen LogP contribution in [0.3, 0.4) is 0 Å². The van der Waals surface area contributed by atoms with E-state index in [1.165, 1.54) is 16.7 Å². The third kappa shape index (κ3) is 4.38. The van der Waals surface area contributed by atoms with Crippen LogP contribution in [0.15, 0.2) is 60.7 Å². The van der Waals surface area contributed by atoms with Gasteiger partial charge in [-0.15, -0.1) is 0 Å². The van der Waals surface area contributed by atoms with Gasteiger partial charge in [-0.05, 0) is 25.0 Å². The van der Waals surface area contributed by atoms with E-state index in [-0.39, 0.29) is 0 Å². The summed E-state index contributed by atoms with van der Waals surface area (Å²) in [6.07, 6.45) is 4.32. The first-order chi connectivity index (χ1) is 9.25. The van der Waals surface area contributed by atoms with Crippen molar-refractivity contribution >= 4 is 6.08 Å². The highest BCUT2D eigenvalue weighted by molar-refractivity contribution is 5.48. The summed E-state index contributed by atoms with van der Waals surface area (Å²) in [4.78, 5) is 0. The van der Waals surface area contributed by atoms with Gasteiger partial charge in [0.15, 0.2) is 0 Å². The van der Waals surface area contributed by atoms with Crippen molar-refractivity contribution in [3.63, 3.8) is 0 Å². The molecule has 2 aromatic carbocycles. The standard InChI is InChI=1S/C18H21N/c1-15-8-6-12-18(14-15)16(2)19-13-7-11-17-9-4-3-5-10-17/h3-12,14,16,19H,13H2,1-2H3/b11-7+/t16-/m0/s1. The number of benzene rings is 2. The minimum absolute atomic E-state index is 0.375. The summed E-state index contributed by atoms with van der Waals surface area (Å²) < 4.78 is 0. The molecule has 98 valence electrons. The summed E-state index contributed by atoms with van der Waals surface area (Å²) in [5, 5.41) is 3.51. The molecular formula is C18H21N. The molecule has 0 fully saturated rings. The van der Waals surface area contributed by atoms with E-state index in [1.54, 1.807) is 0 Å². The Morgan fingerprint density at radius 1 is 1.05 bits per heavy atom. The Hall–Kier alpha value is -1.86. The van der Waals surface area contributed by atoms with Crippen molar-refractivity contribution in [2.45, 2.75) is 19.9 Å². The molecule has 0 bridgehead atoms. The fourth-order valence-electron chi connectivity index (χ4n) is 2.06. The molecule has 0 saturated heterocycles. The van der Waals surface area contributed by atoms with Crippen LogP contribution in [0.5, 0.6) is 0 Å². The van der Waals surface area contributed by atoms with Gasteiger partial charge in [-0.1, -0.05) is 72.3 Å². The first-order valence-corrected chi connectivity index (χ1v) is 6.77. The minimum atomic E-state index is 0.375. The molecule has 1 nitrogen and oxygen atoms in total. The largest absolute Gasteiger partial charge is 0.307 e. The Labute approximate surface area is 116 Å². The van der Waals surface area contributed by atoms with Gasteiger partial charge in [0.2, 0.25) is 0 Å². The summed E-state index contributed by atoms with van der Waals surface area (Å²) in [6, 6.07) is 19.4. The van der Waals surface area contributed by atoms with E-state index in [0.717, 1.165) is 6.54 Å². The van der Waals surface area contributed by atoms with Gasteiger partial charge in [-0.3, -0.25) is 0 Å². The second-order valence-corrected chi connectivity index (χ2v) is 4.86. The number of aryl methyl sites for hydroxylation is 1. The van der Waals surface area contributed by atoms with Gasteiger partial charge in [-0.25, -0.2) is 0 Å². The van der Waals surface area contributed by atoms with Crippen LogP contribution in [-0.2, 0) is 0 Å². The van der Waals surface area contributed by atoms with Crippen molar-refractivity contribution in [2.24, 2.45) is 0 Å². The van der Waals surface area contributed by atoms with E-state index >= 15 is 0 Å². The summed E-state index contributed by atoms with van der Waals surface area (Å²) >= 11 is 0. The predicted octanol–water partition coefficient (Wildman–Crippen LogP) is 4.36. The van der Waals surface area contributed by atoms with E-state index in [1.807, 2.05) is 6.07 Å². The lowest BCUT2D eigenvalue weighted by molar-refractivity contribution is 0.617. The molecule has 1 N–H and O–H groups in total. The van der Waals surface area contributed by atoms with Crippen molar-refractivity contribution < 1.29 is 0 Å². The van der Waals surface area contributed by atoms with Gasteiger partial charge in [0.1, 0.15) is 0 Å².